The number of alkyl halides is 1. The first-order valence-electron chi connectivity index (χ1n) is 59.3. The molecule has 0 radical (unpaired) electrons. The van der Waals surface area contributed by atoms with Crippen LogP contribution in [0.2, 0.25) is 0 Å². The molecule has 0 aliphatic heterocycles. The number of unbranched alkanes of at least 4 members (excludes halogenated alkanes) is 3. The molecule has 0 nitrogen and oxygen atoms in total. The van der Waals surface area contributed by atoms with E-state index in [9.17, 15) is 0 Å². The third-order valence-corrected chi connectivity index (χ3v) is 41.4. The molecule has 20 aliphatic rings. The smallest absolute Gasteiger partial charge is 0.01000 e. The van der Waals surface area contributed by atoms with E-state index in [-0.39, 0.29) is 74.3 Å². The van der Waals surface area contributed by atoms with Crippen LogP contribution in [0.1, 0.15) is 492 Å². The standard InChI is InChI=1S/2C19H26.2C18H24.C13H21Br.3C9H18.2C5H10.10CH3.10ClH.5Zr/c2*1-13-10-16-12-15-8-5-9-17(15)19(18(16)11-13)14-6-3-2-4-7-14;2*1-2-6-13(7-3-1)18-16-10-4-8-14(16)12-15-9-5-11-17(15)18;1-8-5-10-7-9-3-2-4-11(9)13(14)12(10)6-8;3*1-2-3-6-9-7-4-5-8-9;2*1-2-4-5-3-1;;;;;;;;;;;;;;;;;;;;;;;;;/h2*2-4,6-7,13,15-19H,5,8-12H2,1H3;2*1-3,6-7,14-18H,4-5,8-12H2;8-13H,2-7H2,1H3;3*9H,2-8H2,1H3;2*1-5H2;10*1H3;10*1H;;;;;/q;;;;;;;;;;10*-1;;;;;;;;;;;5*+4/p-10. The van der Waals surface area contributed by atoms with Gasteiger partial charge in [0.25, 0.3) is 0 Å². The summed E-state index contributed by atoms with van der Waals surface area (Å²) in [5, 5.41) is 0. The molecular formula is C134H225BrCl10Zr5. The van der Waals surface area contributed by atoms with E-state index in [0.717, 1.165) is 182 Å². The maximum absolute atomic E-state index is 4.93. The molecular weight excluding hydrogens is 2500 g/mol. The van der Waals surface area contributed by atoms with E-state index in [4.69, 9.17) is 85.1 Å². The summed E-state index contributed by atoms with van der Waals surface area (Å²) in [4.78, 5) is 0.874. The number of hydrogen-bond acceptors (Lipinski definition) is 0. The third kappa shape index (κ3) is 51.3. The zero-order chi connectivity index (χ0) is 99.4. The van der Waals surface area contributed by atoms with Crippen molar-refractivity contribution in [2.24, 2.45) is 154 Å². The number of benzene rings is 4. The van der Waals surface area contributed by atoms with Crippen molar-refractivity contribution in [3.8, 4) is 0 Å². The molecule has 24 rings (SSSR count). The van der Waals surface area contributed by atoms with E-state index in [0.29, 0.717) is 0 Å². The van der Waals surface area contributed by atoms with Crippen molar-refractivity contribution in [2.75, 3.05) is 0 Å². The molecule has 0 bridgehead atoms. The minimum Gasteiger partial charge on any atom is -0.0622 e. The van der Waals surface area contributed by atoms with Crippen LogP contribution in [-0.2, 0) is 104 Å². The summed E-state index contributed by atoms with van der Waals surface area (Å²) < 4.78 is 0. The first-order chi connectivity index (χ1) is 68.6. The van der Waals surface area contributed by atoms with Crippen LogP contribution in [0.4, 0.5) is 0 Å². The molecule has 858 valence electrons. The monoisotopic (exact) mass is 2710 g/mol. The predicted molar refractivity (Wildman–Crippen MR) is 668 cm³/mol. The molecule has 26 atom stereocenters. The van der Waals surface area contributed by atoms with Crippen molar-refractivity contribution >= 4 is 101 Å². The van der Waals surface area contributed by atoms with Crippen LogP contribution in [0, 0.1) is 228 Å². The van der Waals surface area contributed by atoms with Gasteiger partial charge in [0.2, 0.25) is 0 Å². The van der Waals surface area contributed by atoms with Gasteiger partial charge >= 0.3 is 189 Å². The van der Waals surface area contributed by atoms with Gasteiger partial charge in [0.1, 0.15) is 0 Å². The quantitative estimate of drug-likeness (QED) is 0.0924. The second-order valence-corrected chi connectivity index (χ2v) is 68.3. The van der Waals surface area contributed by atoms with Crippen LogP contribution in [0.3, 0.4) is 0 Å². The van der Waals surface area contributed by atoms with Gasteiger partial charge in [0.05, 0.1) is 0 Å². The maximum atomic E-state index is 4.93. The van der Waals surface area contributed by atoms with Crippen LogP contribution in [0.15, 0.2) is 121 Å². The molecule has 0 spiro atoms. The van der Waals surface area contributed by atoms with Gasteiger partial charge in [-0.2, -0.15) is 0 Å². The van der Waals surface area contributed by atoms with Gasteiger partial charge < -0.3 is 74.3 Å². The molecule has 0 saturated heterocycles. The summed E-state index contributed by atoms with van der Waals surface area (Å²) >= 11 is -0.0980. The van der Waals surface area contributed by atoms with Gasteiger partial charge in [-0.25, -0.2) is 0 Å². The average molecular weight is 2730 g/mol. The van der Waals surface area contributed by atoms with Crippen molar-refractivity contribution < 1.29 is 104 Å². The van der Waals surface area contributed by atoms with E-state index in [1.807, 2.05) is 0 Å². The fourth-order valence-corrected chi connectivity index (χ4v) is 35.9. The largest absolute Gasteiger partial charge is 0.0622 e. The molecule has 150 heavy (non-hydrogen) atoms. The maximum Gasteiger partial charge on any atom is -0.01000 e. The van der Waals surface area contributed by atoms with Crippen molar-refractivity contribution in [3.05, 3.63) is 218 Å². The van der Waals surface area contributed by atoms with Gasteiger partial charge in [-0.05, 0) is 315 Å². The second-order valence-electron chi connectivity index (χ2n) is 48.6. The molecule has 26 unspecified atom stereocenters. The summed E-state index contributed by atoms with van der Waals surface area (Å²) in [6.07, 6.45) is 94.9. The second kappa shape index (κ2) is 91.7. The third-order valence-electron chi connectivity index (χ3n) is 40.1. The Balaban J connectivity index is 0.00000164. The van der Waals surface area contributed by atoms with Gasteiger partial charge in [0, 0.05) is 4.83 Å². The molecule has 20 aliphatic carbocycles. The molecule has 4 aromatic rings. The first kappa shape index (κ1) is 155. The van der Waals surface area contributed by atoms with E-state index >= 15 is 0 Å². The normalized spacial score (nSPS) is 32.6. The van der Waals surface area contributed by atoms with Crippen molar-refractivity contribution in [3.63, 3.8) is 0 Å². The summed E-state index contributed by atoms with van der Waals surface area (Å²) in [7, 11) is 49.3. The fraction of sp³-hybridized carbons (Fsp3) is 0.746. The van der Waals surface area contributed by atoms with Crippen molar-refractivity contribution in [2.45, 2.75) is 475 Å². The minimum atomic E-state index is -0.826. The topological polar surface area (TPSA) is 0 Å². The van der Waals surface area contributed by atoms with Crippen LogP contribution in [-0.4, -0.2) is 4.83 Å². The zero-order valence-corrected chi connectivity index (χ0v) is 120. The van der Waals surface area contributed by atoms with Gasteiger partial charge in [-0.3, -0.25) is 0 Å². The average Bonchev–Trinajstić information content (AvgIpc) is 1.60. The molecule has 20 saturated carbocycles. The summed E-state index contributed by atoms with van der Waals surface area (Å²) in [6.45, 7) is 14.3. The van der Waals surface area contributed by atoms with Crippen LogP contribution in [0.25, 0.3) is 0 Å². The summed E-state index contributed by atoms with van der Waals surface area (Å²) in [5.41, 5.74) is 6.63. The predicted octanol–water partition coefficient (Wildman–Crippen LogP) is 50.1. The molecule has 16 heteroatoms. The van der Waals surface area contributed by atoms with Crippen LogP contribution < -0.4 is 0 Å². The molecule has 0 N–H and O–H groups in total. The Labute approximate surface area is 1040 Å². The van der Waals surface area contributed by atoms with Crippen LogP contribution >= 0.6 is 101 Å². The molecule has 20 fully saturated rings. The summed E-state index contributed by atoms with van der Waals surface area (Å²) in [6, 6.07) is 45.9. The van der Waals surface area contributed by atoms with Crippen molar-refractivity contribution in [1.82, 2.24) is 0 Å². The van der Waals surface area contributed by atoms with E-state index in [1.54, 1.807) is 54.4 Å². The summed E-state index contributed by atoms with van der Waals surface area (Å²) in [5.74, 6) is 30.7. The number of halogens is 11. The molecule has 4 aromatic carbocycles. The Morgan fingerprint density at radius 1 is 0.200 bits per heavy atom. The zero-order valence-electron chi connectivity index (χ0n) is 98.7. The Morgan fingerprint density at radius 2 is 0.373 bits per heavy atom. The molecule has 0 aromatic heterocycles. The number of fused-ring (bicyclic) bond motifs is 10. The molecule has 0 amide bonds. The fourth-order valence-electron chi connectivity index (χ4n) is 34.5. The van der Waals surface area contributed by atoms with Gasteiger partial charge in [-0.1, -0.05) is 468 Å². The Hall–Kier alpha value is 4.68. The van der Waals surface area contributed by atoms with Crippen LogP contribution in [0.5, 0.6) is 0 Å². The van der Waals surface area contributed by atoms with Gasteiger partial charge in [-0.15, -0.1) is 0 Å². The van der Waals surface area contributed by atoms with E-state index in [1.165, 1.54) is 372 Å². The number of hydrogen-bond donors (Lipinski definition) is 0. The first-order valence-corrected chi connectivity index (χ1v) is 91.9. The Kier molecular flexibility index (Phi) is 94.5. The minimum absolute atomic E-state index is 0. The van der Waals surface area contributed by atoms with Gasteiger partial charge in [0.15, 0.2) is 0 Å². The van der Waals surface area contributed by atoms with E-state index < -0.39 is 104 Å². The number of rotatable bonds is 13. The molecule has 0 heterocycles. The Bertz CT molecular complexity index is 3380. The SMILES string of the molecule is C1CCCC1.C1CCCC1.CC1CC2CC3CCCC3C(Br)C2C1.CC1CC2CC3CCCC3C(c3ccccc3)C2C1.CC1CC2CC3CCCC3C(c3ccccc3)C2C1.CCCCC1CCCC1.CCCCC1CCCC1.CCCCC1CCCC1.[CH3-].[CH3-].[CH3-].[CH3-].[CH3-].[CH3-].[CH3-].[CH3-].[CH3-].[CH3-].[Cl][Zr+2][Cl].[Cl][Zr+2][Cl].[Cl][Zr+2][Cl].[Cl][Zr+2][Cl].[Cl][Zr+2][Cl].c1ccc(C2C3CCCC3CC3CCCC32)cc1.c1ccc(C2C3CCCC3CC3CCCC32)cc1. The Morgan fingerprint density at radius 3 is 0.580 bits per heavy atom. The van der Waals surface area contributed by atoms with E-state index in [2.05, 4.69) is 179 Å². The van der Waals surface area contributed by atoms with Crippen molar-refractivity contribution in [1.29, 1.82) is 0 Å².